The number of carbonyl (C=O) groups excluding carboxylic acids is 2. The first-order chi connectivity index (χ1) is 14.5. The second kappa shape index (κ2) is 9.85. The van der Waals surface area contributed by atoms with Crippen molar-refractivity contribution in [2.45, 2.75) is 13.1 Å². The number of hydrogen-bond acceptors (Lipinski definition) is 3. The summed E-state index contributed by atoms with van der Waals surface area (Å²) in [4.78, 5) is 27.8. The molecule has 0 radical (unpaired) electrons. The van der Waals surface area contributed by atoms with Gasteiger partial charge in [-0.1, -0.05) is 60.7 Å². The van der Waals surface area contributed by atoms with E-state index < -0.39 is 0 Å². The number of amides is 2. The molecule has 0 spiro atoms. The molecule has 154 valence electrons. The molecule has 0 saturated carbocycles. The van der Waals surface area contributed by atoms with E-state index in [4.69, 9.17) is 5.73 Å². The molecule has 2 N–H and O–H groups in total. The molecular formula is C25H27N3O2. The quantitative estimate of drug-likeness (QED) is 0.658. The number of likely N-dealkylation sites (N-methyl/N-ethyl adjacent to an activating group) is 1. The van der Waals surface area contributed by atoms with Gasteiger partial charge in [-0.05, 0) is 40.5 Å². The summed E-state index contributed by atoms with van der Waals surface area (Å²) in [6.45, 7) is 1.08. The molecule has 30 heavy (non-hydrogen) atoms. The van der Waals surface area contributed by atoms with Crippen molar-refractivity contribution >= 4 is 11.8 Å². The molecule has 0 aliphatic carbocycles. The average molecular weight is 402 g/mol. The van der Waals surface area contributed by atoms with Crippen molar-refractivity contribution in [2.75, 3.05) is 20.6 Å². The molecule has 0 fully saturated rings. The molecule has 0 unspecified atom stereocenters. The third-order valence-electron chi connectivity index (χ3n) is 5.02. The van der Waals surface area contributed by atoms with E-state index in [-0.39, 0.29) is 18.4 Å². The molecule has 5 nitrogen and oxygen atoms in total. The van der Waals surface area contributed by atoms with Crippen molar-refractivity contribution in [1.29, 1.82) is 0 Å². The van der Waals surface area contributed by atoms with Crippen LogP contribution in [0.4, 0.5) is 0 Å². The van der Waals surface area contributed by atoms with Gasteiger partial charge >= 0.3 is 0 Å². The fraction of sp³-hybridized carbons (Fsp3) is 0.200. The largest absolute Gasteiger partial charge is 0.340 e. The molecule has 2 amide bonds. The van der Waals surface area contributed by atoms with Gasteiger partial charge in [0.25, 0.3) is 5.91 Å². The SMILES string of the molecule is CN(Cc1cccc(-c2ccc(C(=O)N(C)Cc3ccccc3)cc2)c1)C(=O)CN. The van der Waals surface area contributed by atoms with Crippen molar-refractivity contribution in [2.24, 2.45) is 5.73 Å². The van der Waals surface area contributed by atoms with Crippen LogP contribution in [-0.4, -0.2) is 42.3 Å². The highest BCUT2D eigenvalue weighted by Crippen LogP contribution is 2.22. The summed E-state index contributed by atoms with van der Waals surface area (Å²) in [5.74, 6) is -0.107. The first-order valence-corrected chi connectivity index (χ1v) is 9.90. The molecule has 3 aromatic carbocycles. The number of nitrogens with zero attached hydrogens (tertiary/aromatic N) is 2. The normalized spacial score (nSPS) is 10.5. The maximum absolute atomic E-state index is 12.7. The van der Waals surface area contributed by atoms with Gasteiger partial charge in [0.1, 0.15) is 0 Å². The van der Waals surface area contributed by atoms with Crippen LogP contribution in [0.1, 0.15) is 21.5 Å². The Bertz CT molecular complexity index is 1000. The fourth-order valence-electron chi connectivity index (χ4n) is 3.32. The van der Waals surface area contributed by atoms with Crippen LogP contribution in [0, 0.1) is 0 Å². The van der Waals surface area contributed by atoms with Gasteiger partial charge in [-0.3, -0.25) is 9.59 Å². The lowest BCUT2D eigenvalue weighted by molar-refractivity contribution is -0.128. The van der Waals surface area contributed by atoms with E-state index in [1.54, 1.807) is 16.8 Å². The van der Waals surface area contributed by atoms with Gasteiger partial charge in [0.2, 0.25) is 5.91 Å². The predicted molar refractivity (Wildman–Crippen MR) is 120 cm³/mol. The summed E-state index contributed by atoms with van der Waals surface area (Å²) >= 11 is 0. The van der Waals surface area contributed by atoms with E-state index in [0.29, 0.717) is 18.7 Å². The van der Waals surface area contributed by atoms with Crippen LogP contribution >= 0.6 is 0 Å². The zero-order valence-electron chi connectivity index (χ0n) is 17.4. The number of carbonyl (C=O) groups is 2. The summed E-state index contributed by atoms with van der Waals surface area (Å²) in [5, 5.41) is 0. The van der Waals surface area contributed by atoms with E-state index in [2.05, 4.69) is 6.07 Å². The van der Waals surface area contributed by atoms with E-state index >= 15 is 0 Å². The molecule has 3 aromatic rings. The summed E-state index contributed by atoms with van der Waals surface area (Å²) in [5.41, 5.74) is 10.3. The van der Waals surface area contributed by atoms with Crippen molar-refractivity contribution in [3.63, 3.8) is 0 Å². The van der Waals surface area contributed by atoms with Gasteiger partial charge in [0, 0.05) is 32.7 Å². The highest BCUT2D eigenvalue weighted by Gasteiger charge is 2.12. The first-order valence-electron chi connectivity index (χ1n) is 9.90. The fourth-order valence-corrected chi connectivity index (χ4v) is 3.32. The van der Waals surface area contributed by atoms with Crippen LogP contribution in [-0.2, 0) is 17.9 Å². The molecule has 0 bridgehead atoms. The second-order valence-electron chi connectivity index (χ2n) is 7.38. The Morgan fingerprint density at radius 1 is 0.733 bits per heavy atom. The minimum absolute atomic E-state index is 0.00437. The monoisotopic (exact) mass is 401 g/mol. The van der Waals surface area contributed by atoms with Crippen molar-refractivity contribution in [3.05, 3.63) is 95.6 Å². The number of rotatable bonds is 7. The summed E-state index contributed by atoms with van der Waals surface area (Å²) in [6.07, 6.45) is 0. The van der Waals surface area contributed by atoms with Crippen molar-refractivity contribution < 1.29 is 9.59 Å². The lowest BCUT2D eigenvalue weighted by Crippen LogP contribution is -2.32. The second-order valence-corrected chi connectivity index (χ2v) is 7.38. The molecule has 0 atom stereocenters. The molecule has 0 saturated heterocycles. The van der Waals surface area contributed by atoms with Gasteiger partial charge in [-0.2, -0.15) is 0 Å². The predicted octanol–water partition coefficient (Wildman–Crippen LogP) is 3.54. The van der Waals surface area contributed by atoms with Gasteiger partial charge < -0.3 is 15.5 Å². The summed E-state index contributed by atoms with van der Waals surface area (Å²) < 4.78 is 0. The zero-order chi connectivity index (χ0) is 21.5. The minimum atomic E-state index is -0.0945. The zero-order valence-corrected chi connectivity index (χ0v) is 17.4. The smallest absolute Gasteiger partial charge is 0.253 e. The number of benzene rings is 3. The van der Waals surface area contributed by atoms with Crippen LogP contribution in [0.5, 0.6) is 0 Å². The van der Waals surface area contributed by atoms with Gasteiger partial charge in [0.15, 0.2) is 0 Å². The highest BCUT2D eigenvalue weighted by molar-refractivity contribution is 5.94. The van der Waals surface area contributed by atoms with E-state index in [9.17, 15) is 9.59 Å². The first kappa shape index (κ1) is 21.3. The van der Waals surface area contributed by atoms with E-state index in [1.807, 2.05) is 79.8 Å². The van der Waals surface area contributed by atoms with E-state index in [0.717, 1.165) is 22.3 Å². The van der Waals surface area contributed by atoms with Crippen LogP contribution in [0.3, 0.4) is 0 Å². The minimum Gasteiger partial charge on any atom is -0.340 e. The Kier molecular flexibility index (Phi) is 6.99. The van der Waals surface area contributed by atoms with Crippen molar-refractivity contribution in [1.82, 2.24) is 9.80 Å². The van der Waals surface area contributed by atoms with Gasteiger partial charge in [0.05, 0.1) is 6.54 Å². The van der Waals surface area contributed by atoms with Crippen LogP contribution < -0.4 is 5.73 Å². The molecular weight excluding hydrogens is 374 g/mol. The Balaban J connectivity index is 1.70. The molecule has 0 aromatic heterocycles. The van der Waals surface area contributed by atoms with Crippen LogP contribution in [0.2, 0.25) is 0 Å². The molecule has 3 rings (SSSR count). The van der Waals surface area contributed by atoms with Crippen molar-refractivity contribution in [3.8, 4) is 11.1 Å². The standard InChI is InChI=1S/C25H27N3O2/c1-27(24(29)16-26)18-20-9-6-10-23(15-20)21-11-13-22(14-12-21)25(30)28(2)17-19-7-4-3-5-8-19/h3-15H,16-18,26H2,1-2H3. The summed E-state index contributed by atoms with van der Waals surface area (Å²) in [6, 6.07) is 25.6. The number of hydrogen-bond donors (Lipinski definition) is 1. The maximum Gasteiger partial charge on any atom is 0.253 e. The van der Waals surface area contributed by atoms with E-state index in [1.165, 1.54) is 0 Å². The highest BCUT2D eigenvalue weighted by atomic mass is 16.2. The van der Waals surface area contributed by atoms with Gasteiger partial charge in [-0.25, -0.2) is 0 Å². The van der Waals surface area contributed by atoms with Gasteiger partial charge in [-0.15, -0.1) is 0 Å². The maximum atomic E-state index is 12.7. The summed E-state index contributed by atoms with van der Waals surface area (Å²) in [7, 11) is 3.56. The lowest BCUT2D eigenvalue weighted by Gasteiger charge is -2.18. The molecule has 0 aliphatic rings. The topological polar surface area (TPSA) is 66.6 Å². The Morgan fingerprint density at radius 2 is 1.37 bits per heavy atom. The average Bonchev–Trinajstić information content (AvgIpc) is 2.79. The van der Waals surface area contributed by atoms with Crippen LogP contribution in [0.25, 0.3) is 11.1 Å². The molecule has 0 heterocycles. The molecule has 5 heteroatoms. The Hall–Kier alpha value is -3.44. The third kappa shape index (κ3) is 5.33. The Morgan fingerprint density at radius 3 is 2.03 bits per heavy atom. The molecule has 0 aliphatic heterocycles. The third-order valence-corrected chi connectivity index (χ3v) is 5.02. The Labute approximate surface area is 177 Å². The van der Waals surface area contributed by atoms with Crippen LogP contribution in [0.15, 0.2) is 78.9 Å². The number of nitrogens with two attached hydrogens (primary N) is 1. The lowest BCUT2D eigenvalue weighted by atomic mass is 10.0.